The minimum atomic E-state index is -0.245. The average Bonchev–Trinajstić information content (AvgIpc) is 3.26. The molecule has 1 aromatic rings. The first-order valence-corrected chi connectivity index (χ1v) is 10.3. The molecule has 8 heteroatoms. The Morgan fingerprint density at radius 1 is 1.32 bits per heavy atom. The molecule has 0 saturated carbocycles. The van der Waals surface area contributed by atoms with Gasteiger partial charge in [0, 0.05) is 49.9 Å². The third-order valence-corrected chi connectivity index (χ3v) is 5.31. The van der Waals surface area contributed by atoms with Crippen molar-refractivity contribution in [1.29, 1.82) is 0 Å². The second-order valence-corrected chi connectivity index (χ2v) is 7.38. The second kappa shape index (κ2) is 9.98. The van der Waals surface area contributed by atoms with Crippen LogP contribution in [-0.2, 0) is 16.1 Å². The number of ether oxygens (including phenoxy) is 2. The van der Waals surface area contributed by atoms with Crippen molar-refractivity contribution in [2.24, 2.45) is 4.99 Å². The SMILES string of the molecule is CCNC(=NCc1ccc(Cl)cc1OC)N1CCN(C(=O)C2CCCO2)CC1. The van der Waals surface area contributed by atoms with Crippen molar-refractivity contribution in [1.82, 2.24) is 15.1 Å². The molecule has 7 nitrogen and oxygen atoms in total. The molecule has 2 aliphatic heterocycles. The third-order valence-electron chi connectivity index (χ3n) is 5.08. The van der Waals surface area contributed by atoms with E-state index in [0.29, 0.717) is 31.3 Å². The van der Waals surface area contributed by atoms with Gasteiger partial charge in [-0.05, 0) is 31.9 Å². The molecule has 1 atom stereocenters. The van der Waals surface area contributed by atoms with Gasteiger partial charge in [-0.3, -0.25) is 4.79 Å². The highest BCUT2D eigenvalue weighted by molar-refractivity contribution is 6.30. The Balaban J connectivity index is 1.61. The Labute approximate surface area is 171 Å². The predicted octanol–water partition coefficient (Wildman–Crippen LogP) is 2.14. The number of piperazine rings is 1. The Kier molecular flexibility index (Phi) is 7.39. The lowest BCUT2D eigenvalue weighted by atomic mass is 10.2. The van der Waals surface area contributed by atoms with Gasteiger partial charge >= 0.3 is 0 Å². The first-order chi connectivity index (χ1) is 13.6. The molecule has 3 rings (SSSR count). The zero-order valence-corrected chi connectivity index (χ0v) is 17.4. The Bertz CT molecular complexity index is 699. The lowest BCUT2D eigenvalue weighted by molar-refractivity contribution is -0.142. The van der Waals surface area contributed by atoms with Crippen molar-refractivity contribution in [3.63, 3.8) is 0 Å². The number of hydrogen-bond acceptors (Lipinski definition) is 4. The second-order valence-electron chi connectivity index (χ2n) is 6.94. The highest BCUT2D eigenvalue weighted by Crippen LogP contribution is 2.24. The molecule has 0 spiro atoms. The van der Waals surface area contributed by atoms with E-state index in [9.17, 15) is 4.79 Å². The van der Waals surface area contributed by atoms with Crippen LogP contribution in [0.5, 0.6) is 5.75 Å². The lowest BCUT2D eigenvalue weighted by Crippen LogP contribution is -2.55. The molecule has 0 aliphatic carbocycles. The van der Waals surface area contributed by atoms with E-state index >= 15 is 0 Å². The maximum Gasteiger partial charge on any atom is 0.251 e. The van der Waals surface area contributed by atoms with Crippen LogP contribution in [0.3, 0.4) is 0 Å². The van der Waals surface area contributed by atoms with E-state index in [-0.39, 0.29) is 12.0 Å². The molecule has 2 aliphatic rings. The van der Waals surface area contributed by atoms with Crippen LogP contribution >= 0.6 is 11.6 Å². The minimum absolute atomic E-state index is 0.130. The summed E-state index contributed by atoms with van der Waals surface area (Å²) in [5.41, 5.74) is 0.981. The summed E-state index contributed by atoms with van der Waals surface area (Å²) in [5.74, 6) is 1.72. The number of carbonyl (C=O) groups excluding carboxylic acids is 1. The lowest BCUT2D eigenvalue weighted by Gasteiger charge is -2.37. The molecule has 0 aromatic heterocycles. The molecule has 154 valence electrons. The van der Waals surface area contributed by atoms with E-state index in [2.05, 4.69) is 17.1 Å². The van der Waals surface area contributed by atoms with Crippen molar-refractivity contribution >= 4 is 23.5 Å². The van der Waals surface area contributed by atoms with Gasteiger partial charge in [0.15, 0.2) is 5.96 Å². The van der Waals surface area contributed by atoms with Gasteiger partial charge in [0.25, 0.3) is 5.91 Å². The molecule has 1 unspecified atom stereocenters. The number of benzene rings is 1. The summed E-state index contributed by atoms with van der Waals surface area (Å²) in [7, 11) is 1.63. The summed E-state index contributed by atoms with van der Waals surface area (Å²) >= 11 is 6.04. The predicted molar refractivity (Wildman–Crippen MR) is 110 cm³/mol. The van der Waals surface area contributed by atoms with Crippen LogP contribution in [0, 0.1) is 0 Å². The van der Waals surface area contributed by atoms with E-state index in [1.165, 1.54) is 0 Å². The fraction of sp³-hybridized carbons (Fsp3) is 0.600. The number of hydrogen-bond donors (Lipinski definition) is 1. The number of methoxy groups -OCH3 is 1. The number of rotatable bonds is 5. The molecule has 1 aromatic carbocycles. The molecular weight excluding hydrogens is 380 g/mol. The van der Waals surface area contributed by atoms with Crippen molar-refractivity contribution in [2.75, 3.05) is 46.4 Å². The zero-order valence-electron chi connectivity index (χ0n) is 16.6. The number of carbonyl (C=O) groups is 1. The normalized spacial score (nSPS) is 20.4. The molecule has 1 N–H and O–H groups in total. The van der Waals surface area contributed by atoms with Crippen molar-refractivity contribution in [2.45, 2.75) is 32.4 Å². The minimum Gasteiger partial charge on any atom is -0.496 e. The van der Waals surface area contributed by atoms with E-state index in [1.54, 1.807) is 13.2 Å². The van der Waals surface area contributed by atoms with Crippen LogP contribution in [0.15, 0.2) is 23.2 Å². The maximum atomic E-state index is 12.5. The Morgan fingerprint density at radius 2 is 2.07 bits per heavy atom. The molecular formula is C20H29ClN4O3. The van der Waals surface area contributed by atoms with Crippen LogP contribution in [0.4, 0.5) is 0 Å². The Hall–Kier alpha value is -1.99. The molecule has 2 fully saturated rings. The van der Waals surface area contributed by atoms with Crippen molar-refractivity contribution in [3.05, 3.63) is 28.8 Å². The number of halogens is 1. The highest BCUT2D eigenvalue weighted by atomic mass is 35.5. The van der Waals surface area contributed by atoms with Gasteiger partial charge in [-0.1, -0.05) is 17.7 Å². The summed E-state index contributed by atoms with van der Waals surface area (Å²) in [6.07, 6.45) is 1.57. The van der Waals surface area contributed by atoms with Crippen LogP contribution in [0.1, 0.15) is 25.3 Å². The largest absolute Gasteiger partial charge is 0.496 e. The molecule has 2 saturated heterocycles. The number of nitrogens with zero attached hydrogens (tertiary/aromatic N) is 3. The average molecular weight is 409 g/mol. The van der Waals surface area contributed by atoms with Gasteiger partial charge in [-0.25, -0.2) is 4.99 Å². The Morgan fingerprint density at radius 3 is 2.71 bits per heavy atom. The molecule has 2 heterocycles. The number of aliphatic imine (C=N–C) groups is 1. The molecule has 28 heavy (non-hydrogen) atoms. The van der Waals surface area contributed by atoms with E-state index in [1.807, 2.05) is 17.0 Å². The van der Waals surface area contributed by atoms with Crippen LogP contribution in [-0.4, -0.2) is 74.2 Å². The summed E-state index contributed by atoms with van der Waals surface area (Å²) in [4.78, 5) is 21.4. The first-order valence-electron chi connectivity index (χ1n) is 9.88. The van der Waals surface area contributed by atoms with Gasteiger partial charge in [-0.15, -0.1) is 0 Å². The smallest absolute Gasteiger partial charge is 0.251 e. The summed E-state index contributed by atoms with van der Waals surface area (Å²) in [5, 5.41) is 3.99. The quantitative estimate of drug-likeness (QED) is 0.597. The van der Waals surface area contributed by atoms with Crippen LogP contribution in [0.2, 0.25) is 5.02 Å². The zero-order chi connectivity index (χ0) is 19.9. The number of guanidine groups is 1. The van der Waals surface area contributed by atoms with Crippen LogP contribution in [0.25, 0.3) is 0 Å². The van der Waals surface area contributed by atoms with E-state index < -0.39 is 0 Å². The molecule has 0 bridgehead atoms. The summed E-state index contributed by atoms with van der Waals surface area (Å²) in [6.45, 7) is 6.91. The van der Waals surface area contributed by atoms with Crippen molar-refractivity contribution < 1.29 is 14.3 Å². The van der Waals surface area contributed by atoms with E-state index in [4.69, 9.17) is 26.1 Å². The van der Waals surface area contributed by atoms with Gasteiger partial charge in [-0.2, -0.15) is 0 Å². The third kappa shape index (κ3) is 5.08. The summed E-state index contributed by atoms with van der Waals surface area (Å²) in [6, 6.07) is 5.58. The fourth-order valence-corrected chi connectivity index (χ4v) is 3.71. The molecule has 1 amide bonds. The number of amides is 1. The van der Waals surface area contributed by atoms with Crippen LogP contribution < -0.4 is 10.1 Å². The molecule has 0 radical (unpaired) electrons. The van der Waals surface area contributed by atoms with Gasteiger partial charge in [0.2, 0.25) is 0 Å². The number of nitrogens with one attached hydrogen (secondary N) is 1. The van der Waals surface area contributed by atoms with E-state index in [0.717, 1.165) is 49.7 Å². The fourth-order valence-electron chi connectivity index (χ4n) is 3.55. The van der Waals surface area contributed by atoms with Gasteiger partial charge in [0.05, 0.1) is 13.7 Å². The van der Waals surface area contributed by atoms with Gasteiger partial charge < -0.3 is 24.6 Å². The van der Waals surface area contributed by atoms with Crippen molar-refractivity contribution in [3.8, 4) is 5.75 Å². The monoisotopic (exact) mass is 408 g/mol. The first kappa shape index (κ1) is 20.7. The standard InChI is InChI=1S/C20H29ClN4O3/c1-3-22-20(23-14-15-6-7-16(21)13-18(15)27-2)25-10-8-24(9-11-25)19(26)17-5-4-12-28-17/h6-7,13,17H,3-5,8-12,14H2,1-2H3,(H,22,23). The van der Waals surface area contributed by atoms with Gasteiger partial charge in [0.1, 0.15) is 11.9 Å². The highest BCUT2D eigenvalue weighted by Gasteiger charge is 2.30. The topological polar surface area (TPSA) is 66.4 Å². The summed E-state index contributed by atoms with van der Waals surface area (Å²) < 4.78 is 10.9. The maximum absolute atomic E-state index is 12.5.